The van der Waals surface area contributed by atoms with Crippen molar-refractivity contribution < 1.29 is 8.42 Å². The second-order valence-electron chi connectivity index (χ2n) is 6.53. The molecule has 2 heterocycles. The van der Waals surface area contributed by atoms with E-state index in [-0.39, 0.29) is 28.7 Å². The summed E-state index contributed by atoms with van der Waals surface area (Å²) in [7, 11) is -3.43. The van der Waals surface area contributed by atoms with Crippen LogP contribution in [0.5, 0.6) is 0 Å². The number of aryl methyl sites for hydroxylation is 1. The Balaban J connectivity index is 0.00000338. The van der Waals surface area contributed by atoms with Crippen molar-refractivity contribution in [3.05, 3.63) is 17.0 Å². The van der Waals surface area contributed by atoms with E-state index < -0.39 is 10.0 Å². The summed E-state index contributed by atoms with van der Waals surface area (Å²) in [5.41, 5.74) is 0. The van der Waals surface area contributed by atoms with Crippen LogP contribution in [-0.4, -0.2) is 62.5 Å². The average molecular weight is 533 g/mol. The van der Waals surface area contributed by atoms with Crippen molar-refractivity contribution in [2.45, 2.75) is 36.7 Å². The van der Waals surface area contributed by atoms with Crippen LogP contribution < -0.4 is 10.0 Å². The van der Waals surface area contributed by atoms with Gasteiger partial charge in [-0.2, -0.15) is 11.8 Å². The van der Waals surface area contributed by atoms with Crippen molar-refractivity contribution in [1.29, 1.82) is 0 Å². The Morgan fingerprint density at radius 3 is 2.69 bits per heavy atom. The minimum atomic E-state index is -3.43. The van der Waals surface area contributed by atoms with Gasteiger partial charge in [-0.3, -0.25) is 4.99 Å². The smallest absolute Gasteiger partial charge is 0.250 e. The van der Waals surface area contributed by atoms with E-state index in [0.29, 0.717) is 17.3 Å². The monoisotopic (exact) mass is 532 g/mol. The fraction of sp³-hybridized carbons (Fsp3) is 0.688. The molecule has 1 saturated heterocycles. The zero-order valence-electron chi connectivity index (χ0n) is 15.7. The normalized spacial score (nSPS) is 17.7. The highest BCUT2D eigenvalue weighted by Crippen LogP contribution is 2.29. The van der Waals surface area contributed by atoms with E-state index in [1.54, 1.807) is 6.07 Å². The molecule has 26 heavy (non-hydrogen) atoms. The fourth-order valence-corrected chi connectivity index (χ4v) is 6.05. The lowest BCUT2D eigenvalue weighted by Crippen LogP contribution is -2.51. The number of nitrogens with one attached hydrogen (secondary N) is 2. The van der Waals surface area contributed by atoms with Gasteiger partial charge in [0.05, 0.1) is 6.54 Å². The molecule has 0 radical (unpaired) electrons. The van der Waals surface area contributed by atoms with Crippen molar-refractivity contribution in [2.24, 2.45) is 4.99 Å². The Hall–Kier alpha value is -0.0400. The number of halogens is 1. The van der Waals surface area contributed by atoms with Gasteiger partial charge in [0.2, 0.25) is 10.0 Å². The van der Waals surface area contributed by atoms with Crippen LogP contribution in [0.2, 0.25) is 0 Å². The predicted octanol–water partition coefficient (Wildman–Crippen LogP) is 2.75. The average Bonchev–Trinajstić information content (AvgIpc) is 2.97. The fourth-order valence-electron chi connectivity index (χ4n) is 2.59. The molecule has 2 N–H and O–H groups in total. The van der Waals surface area contributed by atoms with Crippen molar-refractivity contribution in [1.82, 2.24) is 14.9 Å². The van der Waals surface area contributed by atoms with Crippen LogP contribution in [0.4, 0.5) is 0 Å². The summed E-state index contributed by atoms with van der Waals surface area (Å²) >= 11 is 3.26. The van der Waals surface area contributed by atoms with Crippen LogP contribution >= 0.6 is 47.1 Å². The first kappa shape index (κ1) is 24.0. The highest BCUT2D eigenvalue weighted by atomic mass is 127. The Labute approximate surface area is 182 Å². The summed E-state index contributed by atoms with van der Waals surface area (Å²) in [5.74, 6) is 1.93. The number of guanidine groups is 1. The first-order valence-electron chi connectivity index (χ1n) is 8.47. The Morgan fingerprint density at radius 1 is 1.38 bits per heavy atom. The number of thiophene rings is 1. The molecule has 6 nitrogen and oxygen atoms in total. The molecule has 2 rings (SSSR count). The largest absolute Gasteiger partial charge is 0.357 e. The molecule has 0 bridgehead atoms. The van der Waals surface area contributed by atoms with E-state index in [0.717, 1.165) is 36.2 Å². The van der Waals surface area contributed by atoms with Gasteiger partial charge in [0.15, 0.2) is 5.96 Å². The summed E-state index contributed by atoms with van der Waals surface area (Å²) < 4.78 is 27.6. The molecule has 1 aromatic heterocycles. The van der Waals surface area contributed by atoms with E-state index >= 15 is 0 Å². The van der Waals surface area contributed by atoms with Crippen LogP contribution in [0.15, 0.2) is 21.3 Å². The van der Waals surface area contributed by atoms with Crippen molar-refractivity contribution in [2.75, 3.05) is 38.5 Å². The molecular weight excluding hydrogens is 503 g/mol. The van der Waals surface area contributed by atoms with Gasteiger partial charge in [0, 0.05) is 41.6 Å². The maximum atomic E-state index is 12.2. The van der Waals surface area contributed by atoms with Crippen LogP contribution in [0, 0.1) is 6.92 Å². The Kier molecular flexibility index (Phi) is 9.68. The zero-order valence-corrected chi connectivity index (χ0v) is 20.5. The Bertz CT molecular complexity index is 704. The van der Waals surface area contributed by atoms with Crippen molar-refractivity contribution in [3.63, 3.8) is 0 Å². The number of nitrogens with zero attached hydrogens (tertiary/aromatic N) is 2. The molecule has 1 aromatic rings. The number of sulfonamides is 1. The van der Waals surface area contributed by atoms with Crippen LogP contribution in [0.1, 0.15) is 25.6 Å². The second kappa shape index (κ2) is 10.5. The lowest BCUT2D eigenvalue weighted by atomic mass is 10.2. The standard InChI is InChI=1S/C16H28N4O2S3.HI/c1-5-17-15(20-10-11-23-16(3,4)12-20)18-8-9-19-25(21,22)14-7-6-13(2)24-14;/h6-7,19H,5,8-12H2,1-4H3,(H,17,18);1H. The van der Waals surface area contributed by atoms with Gasteiger partial charge in [-0.05, 0) is 39.8 Å². The third kappa shape index (κ3) is 7.17. The minimum Gasteiger partial charge on any atom is -0.357 e. The quantitative estimate of drug-likeness (QED) is 0.255. The van der Waals surface area contributed by atoms with Gasteiger partial charge < -0.3 is 10.2 Å². The van der Waals surface area contributed by atoms with E-state index in [1.165, 1.54) is 11.3 Å². The van der Waals surface area contributed by atoms with Gasteiger partial charge >= 0.3 is 0 Å². The summed E-state index contributed by atoms with van der Waals surface area (Å²) in [4.78, 5) is 7.85. The highest BCUT2D eigenvalue weighted by molar-refractivity contribution is 14.0. The third-order valence-corrected chi connectivity index (χ3v) is 7.96. The van der Waals surface area contributed by atoms with Gasteiger partial charge in [-0.25, -0.2) is 13.1 Å². The highest BCUT2D eigenvalue weighted by Gasteiger charge is 2.28. The second-order valence-corrected chi connectivity index (χ2v) is 11.6. The lowest BCUT2D eigenvalue weighted by molar-refractivity contribution is 0.376. The summed E-state index contributed by atoms with van der Waals surface area (Å²) in [5, 5.41) is 3.31. The molecule has 0 aromatic carbocycles. The van der Waals surface area contributed by atoms with E-state index in [2.05, 4.69) is 33.8 Å². The number of aliphatic imine (C=N–C) groups is 1. The predicted molar refractivity (Wildman–Crippen MR) is 124 cm³/mol. The maximum absolute atomic E-state index is 12.2. The molecule has 0 atom stereocenters. The summed E-state index contributed by atoms with van der Waals surface area (Å²) in [6.07, 6.45) is 0. The van der Waals surface area contributed by atoms with Crippen LogP contribution in [-0.2, 0) is 10.0 Å². The first-order valence-corrected chi connectivity index (χ1v) is 11.8. The van der Waals surface area contributed by atoms with Crippen molar-refractivity contribution >= 4 is 63.1 Å². The molecule has 1 fully saturated rings. The molecule has 10 heteroatoms. The van der Waals surface area contributed by atoms with Gasteiger partial charge in [0.25, 0.3) is 0 Å². The van der Waals surface area contributed by atoms with Gasteiger partial charge in [0.1, 0.15) is 4.21 Å². The Morgan fingerprint density at radius 2 is 2.12 bits per heavy atom. The molecule has 1 aliphatic rings. The van der Waals surface area contributed by atoms with E-state index in [9.17, 15) is 8.42 Å². The molecule has 0 aliphatic carbocycles. The lowest BCUT2D eigenvalue weighted by Gasteiger charge is -2.39. The topological polar surface area (TPSA) is 73.8 Å². The summed E-state index contributed by atoms with van der Waals surface area (Å²) in [6.45, 7) is 11.8. The minimum absolute atomic E-state index is 0. The number of rotatable bonds is 6. The SMILES string of the molecule is CCNC(=NCCNS(=O)(=O)c1ccc(C)s1)N1CCSC(C)(C)C1.I. The molecule has 0 unspecified atom stereocenters. The zero-order chi connectivity index (χ0) is 18.5. The third-order valence-electron chi connectivity index (χ3n) is 3.71. The van der Waals surface area contributed by atoms with Gasteiger partial charge in [-0.1, -0.05) is 0 Å². The number of hydrogen-bond donors (Lipinski definition) is 2. The molecule has 150 valence electrons. The molecule has 1 aliphatic heterocycles. The van der Waals surface area contributed by atoms with Gasteiger partial charge in [-0.15, -0.1) is 35.3 Å². The molecular formula is C16H29IN4O2S3. The van der Waals surface area contributed by atoms with Crippen LogP contribution in [0.3, 0.4) is 0 Å². The van der Waals surface area contributed by atoms with E-state index in [4.69, 9.17) is 0 Å². The maximum Gasteiger partial charge on any atom is 0.250 e. The molecule has 0 amide bonds. The summed E-state index contributed by atoms with van der Waals surface area (Å²) in [6, 6.07) is 3.46. The first-order chi connectivity index (χ1) is 11.7. The number of hydrogen-bond acceptors (Lipinski definition) is 5. The van der Waals surface area contributed by atoms with E-state index in [1.807, 2.05) is 31.7 Å². The van der Waals surface area contributed by atoms with Crippen LogP contribution in [0.25, 0.3) is 0 Å². The van der Waals surface area contributed by atoms with Crippen molar-refractivity contribution in [3.8, 4) is 0 Å². The number of thioether (sulfide) groups is 1. The molecule has 0 saturated carbocycles. The molecule has 0 spiro atoms.